The van der Waals surface area contributed by atoms with Crippen molar-refractivity contribution in [3.8, 4) is 12.3 Å². The molecule has 8 unspecified atom stereocenters. The van der Waals surface area contributed by atoms with Gasteiger partial charge in [0.2, 0.25) is 0 Å². The fourth-order valence-corrected chi connectivity index (χ4v) is 8.60. The number of fused-ring (bicyclic) bond motifs is 5. The summed E-state index contributed by atoms with van der Waals surface area (Å²) in [6.07, 6.45) is 22.5. The first kappa shape index (κ1) is 19.5. The molecule has 0 aliphatic heterocycles. The molecule has 4 fully saturated rings. The van der Waals surface area contributed by atoms with Gasteiger partial charge in [-0.1, -0.05) is 38.3 Å². The molecule has 4 aliphatic rings. The summed E-state index contributed by atoms with van der Waals surface area (Å²) in [4.78, 5) is 0. The Morgan fingerprint density at radius 2 is 2.00 bits per heavy atom. The van der Waals surface area contributed by atoms with Gasteiger partial charge in [-0.3, -0.25) is 4.68 Å². The normalized spacial score (nSPS) is 43.7. The maximum Gasteiger partial charge on any atom is 0.0646 e. The van der Waals surface area contributed by atoms with E-state index in [-0.39, 0.29) is 0 Å². The molecular formula is C27H38N2. The average molecular weight is 391 g/mol. The van der Waals surface area contributed by atoms with Crippen LogP contribution in [0.15, 0.2) is 24.5 Å². The number of hydrogen-bond acceptors (Lipinski definition) is 1. The van der Waals surface area contributed by atoms with Gasteiger partial charge in [-0.15, -0.1) is 6.42 Å². The van der Waals surface area contributed by atoms with E-state index in [1.54, 1.807) is 6.20 Å². The van der Waals surface area contributed by atoms with Crippen LogP contribution < -0.4 is 0 Å². The predicted molar refractivity (Wildman–Crippen MR) is 119 cm³/mol. The first-order valence-electron chi connectivity index (χ1n) is 12.2. The van der Waals surface area contributed by atoms with E-state index in [1.807, 2.05) is 10.9 Å². The molecule has 4 aliphatic carbocycles. The zero-order valence-electron chi connectivity index (χ0n) is 18.4. The highest BCUT2D eigenvalue weighted by Crippen LogP contribution is 2.65. The zero-order chi connectivity index (χ0) is 20.2. The quantitative estimate of drug-likeness (QED) is 0.436. The lowest BCUT2D eigenvalue weighted by molar-refractivity contribution is -0.0636. The third kappa shape index (κ3) is 3.20. The largest absolute Gasteiger partial charge is 0.267 e. The fourth-order valence-electron chi connectivity index (χ4n) is 8.60. The Hall–Kier alpha value is -1.49. The molecule has 0 bridgehead atoms. The summed E-state index contributed by atoms with van der Waals surface area (Å²) in [6.45, 7) is 10.5. The van der Waals surface area contributed by atoms with Gasteiger partial charge >= 0.3 is 0 Å². The molecule has 2 nitrogen and oxygen atoms in total. The molecule has 5 rings (SSSR count). The van der Waals surface area contributed by atoms with Crippen LogP contribution in [0.5, 0.6) is 0 Å². The van der Waals surface area contributed by atoms with Crippen LogP contribution in [0.1, 0.15) is 77.2 Å². The van der Waals surface area contributed by atoms with Crippen LogP contribution in [-0.2, 0) is 6.54 Å². The minimum absolute atomic E-state index is 0.454. The van der Waals surface area contributed by atoms with E-state index in [4.69, 9.17) is 6.42 Å². The van der Waals surface area contributed by atoms with Gasteiger partial charge in [0, 0.05) is 6.20 Å². The molecule has 2 heteroatoms. The number of hydrogen-bond donors (Lipinski definition) is 0. The SMILES string of the molecule is C#Cc1cnn(CC(=C)C2CCC3C4CCC5CC(C)CCC5C4CCC23C)c1. The second kappa shape index (κ2) is 7.33. The first-order chi connectivity index (χ1) is 14.0. The van der Waals surface area contributed by atoms with Crippen molar-refractivity contribution in [1.29, 1.82) is 0 Å². The number of aromatic nitrogens is 2. The second-order valence-corrected chi connectivity index (χ2v) is 11.3. The van der Waals surface area contributed by atoms with Gasteiger partial charge in [-0.25, -0.2) is 0 Å². The Bertz CT molecular complexity index is 813. The molecule has 0 saturated heterocycles. The topological polar surface area (TPSA) is 17.8 Å². The summed E-state index contributed by atoms with van der Waals surface area (Å²) in [5.41, 5.74) is 2.70. The van der Waals surface area contributed by atoms with E-state index >= 15 is 0 Å². The molecule has 8 atom stereocenters. The van der Waals surface area contributed by atoms with E-state index in [1.165, 1.54) is 63.4 Å². The van der Waals surface area contributed by atoms with Crippen LogP contribution >= 0.6 is 0 Å². The lowest BCUT2D eigenvalue weighted by Gasteiger charge is -2.56. The Balaban J connectivity index is 1.31. The van der Waals surface area contributed by atoms with Gasteiger partial charge in [0.25, 0.3) is 0 Å². The average Bonchev–Trinajstić information content (AvgIpc) is 3.30. The number of nitrogens with zero attached hydrogens (tertiary/aromatic N) is 2. The van der Waals surface area contributed by atoms with E-state index < -0.39 is 0 Å². The molecule has 1 aromatic rings. The molecule has 0 radical (unpaired) electrons. The third-order valence-corrected chi connectivity index (χ3v) is 9.87. The van der Waals surface area contributed by atoms with Crippen molar-refractivity contribution in [3.05, 3.63) is 30.1 Å². The van der Waals surface area contributed by atoms with E-state index in [9.17, 15) is 0 Å². The van der Waals surface area contributed by atoms with Gasteiger partial charge in [0.05, 0.1) is 18.3 Å². The standard InChI is InChI=1S/C27H38N2/c1-5-20-15-28-29(17-20)16-19(3)25-10-11-26-24-9-7-21-14-18(2)6-8-22(21)23(24)12-13-27(25,26)4/h1,15,17-18,21-26H,3,6-14,16H2,2,4H3. The third-order valence-electron chi connectivity index (χ3n) is 9.87. The van der Waals surface area contributed by atoms with Crippen molar-refractivity contribution in [2.24, 2.45) is 46.8 Å². The lowest BCUT2D eigenvalue weighted by Crippen LogP contribution is -2.48. The van der Waals surface area contributed by atoms with Gasteiger partial charge in [-0.2, -0.15) is 5.10 Å². The molecule has 0 amide bonds. The van der Waals surface area contributed by atoms with Crippen LogP contribution in [0.3, 0.4) is 0 Å². The van der Waals surface area contributed by atoms with Crippen LogP contribution in [0.25, 0.3) is 0 Å². The van der Waals surface area contributed by atoms with Crippen molar-refractivity contribution in [2.45, 2.75) is 78.2 Å². The van der Waals surface area contributed by atoms with E-state index in [0.717, 1.165) is 47.6 Å². The van der Waals surface area contributed by atoms with Crippen molar-refractivity contribution in [1.82, 2.24) is 9.78 Å². The van der Waals surface area contributed by atoms with Crippen molar-refractivity contribution >= 4 is 0 Å². The summed E-state index contributed by atoms with van der Waals surface area (Å²) in [7, 11) is 0. The summed E-state index contributed by atoms with van der Waals surface area (Å²) in [5.74, 6) is 9.32. The van der Waals surface area contributed by atoms with Crippen molar-refractivity contribution in [3.63, 3.8) is 0 Å². The maximum atomic E-state index is 5.52. The Labute approximate surface area is 177 Å². The highest BCUT2D eigenvalue weighted by Gasteiger charge is 2.57. The molecule has 1 aromatic heterocycles. The van der Waals surface area contributed by atoms with Crippen LogP contribution in [0.4, 0.5) is 0 Å². The number of rotatable bonds is 3. The number of allylic oxidation sites excluding steroid dienone is 1. The lowest BCUT2D eigenvalue weighted by atomic mass is 9.49. The minimum Gasteiger partial charge on any atom is -0.267 e. The zero-order valence-corrected chi connectivity index (χ0v) is 18.4. The minimum atomic E-state index is 0.454. The Morgan fingerprint density at radius 3 is 2.79 bits per heavy atom. The highest BCUT2D eigenvalue weighted by molar-refractivity contribution is 5.26. The van der Waals surface area contributed by atoms with Crippen LogP contribution in [-0.4, -0.2) is 9.78 Å². The van der Waals surface area contributed by atoms with Crippen molar-refractivity contribution < 1.29 is 0 Å². The fraction of sp³-hybridized carbons (Fsp3) is 0.741. The predicted octanol–water partition coefficient (Wildman–Crippen LogP) is 6.33. The van der Waals surface area contributed by atoms with Crippen molar-refractivity contribution in [2.75, 3.05) is 0 Å². The van der Waals surface area contributed by atoms with Crippen LogP contribution in [0, 0.1) is 59.2 Å². The summed E-state index contributed by atoms with van der Waals surface area (Å²) in [6, 6.07) is 0. The Kier molecular flexibility index (Phi) is 4.92. The first-order valence-corrected chi connectivity index (χ1v) is 12.2. The molecular weight excluding hydrogens is 352 g/mol. The summed E-state index contributed by atoms with van der Waals surface area (Å²) < 4.78 is 1.99. The van der Waals surface area contributed by atoms with Gasteiger partial charge in [0.1, 0.15) is 0 Å². The van der Waals surface area contributed by atoms with Gasteiger partial charge in [0.15, 0.2) is 0 Å². The smallest absolute Gasteiger partial charge is 0.0646 e. The Morgan fingerprint density at radius 1 is 1.17 bits per heavy atom. The molecule has 29 heavy (non-hydrogen) atoms. The van der Waals surface area contributed by atoms with Crippen LogP contribution in [0.2, 0.25) is 0 Å². The monoisotopic (exact) mass is 390 g/mol. The molecule has 1 heterocycles. The summed E-state index contributed by atoms with van der Waals surface area (Å²) in [5, 5.41) is 4.46. The molecule has 156 valence electrons. The second-order valence-electron chi connectivity index (χ2n) is 11.3. The van der Waals surface area contributed by atoms with Gasteiger partial charge in [-0.05, 0) is 98.2 Å². The highest BCUT2D eigenvalue weighted by atomic mass is 15.3. The number of terminal acetylenes is 1. The molecule has 4 saturated carbocycles. The molecule has 0 spiro atoms. The van der Waals surface area contributed by atoms with Gasteiger partial charge < -0.3 is 0 Å². The molecule has 0 aromatic carbocycles. The molecule has 0 N–H and O–H groups in total. The van der Waals surface area contributed by atoms with E-state index in [0.29, 0.717) is 11.3 Å². The van der Waals surface area contributed by atoms with E-state index in [2.05, 4.69) is 31.4 Å². The summed E-state index contributed by atoms with van der Waals surface area (Å²) >= 11 is 0. The maximum absolute atomic E-state index is 5.52.